The topological polar surface area (TPSA) is 34.4 Å². The third kappa shape index (κ3) is 2.95. The Labute approximate surface area is 126 Å². The van der Waals surface area contributed by atoms with Gasteiger partial charge in [-0.15, -0.1) is 0 Å². The van der Waals surface area contributed by atoms with Gasteiger partial charge in [0, 0.05) is 16.1 Å². The zero-order valence-electron chi connectivity index (χ0n) is 11.3. The fraction of sp³-hybridized carbons (Fsp3) is 0.125. The lowest BCUT2D eigenvalue weighted by Gasteiger charge is -2.05. The average molecular weight is 306 g/mol. The van der Waals surface area contributed by atoms with Crippen molar-refractivity contribution >= 4 is 28.3 Å². The highest BCUT2D eigenvalue weighted by molar-refractivity contribution is 6.30. The molecule has 5 heteroatoms. The van der Waals surface area contributed by atoms with Gasteiger partial charge in [0.25, 0.3) is 0 Å². The van der Waals surface area contributed by atoms with Gasteiger partial charge in [-0.3, -0.25) is 0 Å². The molecule has 0 amide bonds. The number of anilines is 1. The van der Waals surface area contributed by atoms with Crippen molar-refractivity contribution in [3.63, 3.8) is 0 Å². The van der Waals surface area contributed by atoms with Crippen LogP contribution in [0, 0.1) is 5.82 Å². The first kappa shape index (κ1) is 13.8. The summed E-state index contributed by atoms with van der Waals surface area (Å²) in [6, 6.07) is 11.9. The quantitative estimate of drug-likeness (QED) is 0.748. The predicted molar refractivity (Wildman–Crippen MR) is 81.5 cm³/mol. The summed E-state index contributed by atoms with van der Waals surface area (Å²) in [7, 11) is 1.60. The first-order valence-electron chi connectivity index (χ1n) is 6.41. The van der Waals surface area contributed by atoms with Crippen molar-refractivity contribution in [2.45, 2.75) is 6.54 Å². The van der Waals surface area contributed by atoms with Crippen molar-refractivity contribution in [1.29, 1.82) is 0 Å². The molecule has 0 saturated heterocycles. The van der Waals surface area contributed by atoms with E-state index in [1.165, 1.54) is 12.1 Å². The number of hydrogen-bond donors (Lipinski definition) is 1. The second-order valence-corrected chi connectivity index (χ2v) is 5.04. The molecular formula is C16H13ClFNO2. The van der Waals surface area contributed by atoms with Crippen LogP contribution in [-0.4, -0.2) is 7.11 Å². The minimum absolute atomic E-state index is 0.351. The van der Waals surface area contributed by atoms with Gasteiger partial charge in [-0.1, -0.05) is 23.7 Å². The second-order valence-electron chi connectivity index (χ2n) is 4.60. The largest absolute Gasteiger partial charge is 0.493 e. The molecule has 1 aromatic heterocycles. The van der Waals surface area contributed by atoms with E-state index in [1.54, 1.807) is 13.2 Å². The molecule has 3 rings (SSSR count). The summed E-state index contributed by atoms with van der Waals surface area (Å²) in [6.07, 6.45) is 0. The molecule has 1 heterocycles. The maximum Gasteiger partial charge on any atom is 0.176 e. The zero-order valence-corrected chi connectivity index (χ0v) is 12.1. The maximum absolute atomic E-state index is 13.3. The number of fused-ring (bicyclic) bond motifs is 1. The number of benzene rings is 2. The first-order chi connectivity index (χ1) is 10.2. The molecule has 3 nitrogen and oxygen atoms in total. The van der Waals surface area contributed by atoms with Crippen LogP contribution < -0.4 is 10.1 Å². The maximum atomic E-state index is 13.3. The van der Waals surface area contributed by atoms with E-state index in [-0.39, 0.29) is 5.82 Å². The summed E-state index contributed by atoms with van der Waals surface area (Å²) in [5, 5.41) is 4.39. The predicted octanol–water partition coefficient (Wildman–Crippen LogP) is 4.85. The highest BCUT2D eigenvalue weighted by Gasteiger charge is 2.08. The minimum atomic E-state index is -0.378. The average Bonchev–Trinajstić information content (AvgIpc) is 2.87. The van der Waals surface area contributed by atoms with Crippen molar-refractivity contribution in [1.82, 2.24) is 0 Å². The smallest absolute Gasteiger partial charge is 0.176 e. The Bertz CT molecular complexity index is 765. The Morgan fingerprint density at radius 1 is 1.24 bits per heavy atom. The van der Waals surface area contributed by atoms with Gasteiger partial charge in [-0.05, 0) is 30.3 Å². The van der Waals surface area contributed by atoms with Crippen LogP contribution in [0.25, 0.3) is 11.0 Å². The Hall–Kier alpha value is -2.20. The molecule has 0 atom stereocenters. The number of methoxy groups -OCH3 is 1. The standard InChI is InChI=1S/C16H13ClFNO2/c1-20-15-4-2-3-10-5-14(21-16(10)15)9-19-13-7-11(17)6-12(18)8-13/h2-8,19H,9H2,1H3. The van der Waals surface area contributed by atoms with Crippen LogP contribution in [0.2, 0.25) is 5.02 Å². The summed E-state index contributed by atoms with van der Waals surface area (Å²) in [6.45, 7) is 0.428. The van der Waals surface area contributed by atoms with Gasteiger partial charge in [0.2, 0.25) is 0 Å². The van der Waals surface area contributed by atoms with Crippen molar-refractivity contribution in [3.8, 4) is 5.75 Å². The lowest BCUT2D eigenvalue weighted by Crippen LogP contribution is -1.98. The Balaban J connectivity index is 1.82. The second kappa shape index (κ2) is 5.66. The zero-order chi connectivity index (χ0) is 14.8. The molecule has 0 bridgehead atoms. The van der Waals surface area contributed by atoms with Gasteiger partial charge in [0.05, 0.1) is 13.7 Å². The van der Waals surface area contributed by atoms with E-state index in [0.717, 1.165) is 11.1 Å². The third-order valence-corrected chi connectivity index (χ3v) is 3.33. The molecule has 0 aliphatic rings. The first-order valence-corrected chi connectivity index (χ1v) is 6.79. The van der Waals surface area contributed by atoms with E-state index < -0.39 is 0 Å². The summed E-state index contributed by atoms with van der Waals surface area (Å²) < 4.78 is 24.3. The number of halogens is 2. The van der Waals surface area contributed by atoms with E-state index in [4.69, 9.17) is 20.8 Å². The fourth-order valence-corrected chi connectivity index (χ4v) is 2.40. The summed E-state index contributed by atoms with van der Waals surface area (Å²) in [5.41, 5.74) is 1.31. The minimum Gasteiger partial charge on any atom is -0.493 e. The Kier molecular flexibility index (Phi) is 3.71. The van der Waals surface area contributed by atoms with Gasteiger partial charge in [0.15, 0.2) is 11.3 Å². The molecule has 0 aliphatic carbocycles. The summed E-state index contributed by atoms with van der Waals surface area (Å²) in [5.74, 6) is 1.04. The highest BCUT2D eigenvalue weighted by atomic mass is 35.5. The van der Waals surface area contributed by atoms with Crippen molar-refractivity contribution in [2.75, 3.05) is 12.4 Å². The number of para-hydroxylation sites is 1. The monoisotopic (exact) mass is 305 g/mol. The van der Waals surface area contributed by atoms with Crippen LogP contribution in [0.4, 0.5) is 10.1 Å². The van der Waals surface area contributed by atoms with Crippen LogP contribution in [0.5, 0.6) is 5.75 Å². The molecule has 0 radical (unpaired) electrons. The molecular weight excluding hydrogens is 293 g/mol. The Morgan fingerprint density at radius 2 is 2.10 bits per heavy atom. The molecule has 0 saturated carbocycles. The molecule has 1 N–H and O–H groups in total. The van der Waals surface area contributed by atoms with E-state index >= 15 is 0 Å². The van der Waals surface area contributed by atoms with Gasteiger partial charge >= 0.3 is 0 Å². The molecule has 0 spiro atoms. The number of furan rings is 1. The van der Waals surface area contributed by atoms with Gasteiger partial charge in [-0.25, -0.2) is 4.39 Å². The third-order valence-electron chi connectivity index (χ3n) is 3.11. The number of rotatable bonds is 4. The van der Waals surface area contributed by atoms with E-state index in [0.29, 0.717) is 28.6 Å². The molecule has 108 valence electrons. The number of hydrogen-bond acceptors (Lipinski definition) is 3. The van der Waals surface area contributed by atoms with E-state index in [9.17, 15) is 4.39 Å². The van der Waals surface area contributed by atoms with Gasteiger partial charge < -0.3 is 14.5 Å². The van der Waals surface area contributed by atoms with Crippen molar-refractivity contribution in [3.05, 3.63) is 59.1 Å². The highest BCUT2D eigenvalue weighted by Crippen LogP contribution is 2.29. The number of nitrogens with one attached hydrogen (secondary N) is 1. The lowest BCUT2D eigenvalue weighted by molar-refractivity contribution is 0.408. The van der Waals surface area contributed by atoms with Gasteiger partial charge in [-0.2, -0.15) is 0 Å². The Morgan fingerprint density at radius 3 is 2.86 bits per heavy atom. The summed E-state index contributed by atoms with van der Waals surface area (Å²) in [4.78, 5) is 0. The van der Waals surface area contributed by atoms with Crippen molar-refractivity contribution in [2.24, 2.45) is 0 Å². The molecule has 3 aromatic rings. The van der Waals surface area contributed by atoms with Crippen LogP contribution in [0.15, 0.2) is 46.9 Å². The molecule has 0 aliphatic heterocycles. The molecule has 2 aromatic carbocycles. The van der Waals surface area contributed by atoms with Crippen LogP contribution in [-0.2, 0) is 6.54 Å². The summed E-state index contributed by atoms with van der Waals surface area (Å²) >= 11 is 5.82. The normalized spacial score (nSPS) is 10.8. The number of ether oxygens (including phenoxy) is 1. The fourth-order valence-electron chi connectivity index (χ4n) is 2.18. The molecule has 0 unspecified atom stereocenters. The van der Waals surface area contributed by atoms with Crippen molar-refractivity contribution < 1.29 is 13.5 Å². The molecule has 0 fully saturated rings. The van der Waals surface area contributed by atoms with Gasteiger partial charge in [0.1, 0.15) is 11.6 Å². The van der Waals surface area contributed by atoms with E-state index in [2.05, 4.69) is 5.32 Å². The van der Waals surface area contributed by atoms with Crippen LogP contribution >= 0.6 is 11.6 Å². The molecule has 21 heavy (non-hydrogen) atoms. The lowest BCUT2D eigenvalue weighted by atomic mass is 10.2. The van der Waals surface area contributed by atoms with Crippen LogP contribution in [0.1, 0.15) is 5.76 Å². The van der Waals surface area contributed by atoms with Crippen LogP contribution in [0.3, 0.4) is 0 Å². The SMILES string of the molecule is COc1cccc2cc(CNc3cc(F)cc(Cl)c3)oc12. The van der Waals surface area contributed by atoms with E-state index in [1.807, 2.05) is 24.3 Å².